The molecule has 1 aromatic carbocycles. The van der Waals surface area contributed by atoms with Crippen LogP contribution in [0.1, 0.15) is 30.4 Å². The molecule has 1 fully saturated rings. The zero-order valence-electron chi connectivity index (χ0n) is 17.4. The zero-order valence-corrected chi connectivity index (χ0v) is 17.4. The molecule has 158 valence electrons. The van der Waals surface area contributed by atoms with Crippen molar-refractivity contribution in [3.8, 4) is 0 Å². The van der Waals surface area contributed by atoms with Crippen molar-refractivity contribution in [2.45, 2.75) is 32.7 Å². The Balaban J connectivity index is 1.39. The van der Waals surface area contributed by atoms with Gasteiger partial charge in [0.2, 0.25) is 11.8 Å². The molecule has 0 atom stereocenters. The van der Waals surface area contributed by atoms with Gasteiger partial charge in [-0.05, 0) is 42.7 Å². The van der Waals surface area contributed by atoms with Crippen molar-refractivity contribution in [1.82, 2.24) is 15.6 Å². The van der Waals surface area contributed by atoms with Crippen LogP contribution >= 0.6 is 0 Å². The number of anilines is 2. The standard InChI is InChI=1S/C22H28N6O2/c1-16-5-10-19(25-14-16)27-20(29)11-12-24-22(23-2)26-15-17-6-8-18(9-7-17)28-13-3-4-21(28)30/h5-10,14H,3-4,11-13,15H2,1-2H3,(H2,23,24,26)(H,25,27,29). The molecule has 2 aromatic rings. The maximum atomic E-state index is 12.0. The SMILES string of the molecule is CN=C(NCCC(=O)Nc1ccc(C)cn1)NCc1ccc(N2CCCC2=O)cc1. The Labute approximate surface area is 176 Å². The number of amides is 2. The minimum absolute atomic E-state index is 0.110. The molecule has 8 nitrogen and oxygen atoms in total. The van der Waals surface area contributed by atoms with Gasteiger partial charge in [0.05, 0.1) is 0 Å². The van der Waals surface area contributed by atoms with Crippen molar-refractivity contribution >= 4 is 29.3 Å². The smallest absolute Gasteiger partial charge is 0.227 e. The normalized spacial score (nSPS) is 14.0. The molecule has 8 heteroatoms. The Bertz CT molecular complexity index is 893. The molecule has 3 N–H and O–H groups in total. The quantitative estimate of drug-likeness (QED) is 0.482. The summed E-state index contributed by atoms with van der Waals surface area (Å²) in [4.78, 5) is 34.0. The molecule has 1 saturated heterocycles. The average molecular weight is 409 g/mol. The van der Waals surface area contributed by atoms with E-state index in [1.54, 1.807) is 19.3 Å². The van der Waals surface area contributed by atoms with E-state index in [4.69, 9.17) is 0 Å². The maximum absolute atomic E-state index is 12.0. The summed E-state index contributed by atoms with van der Waals surface area (Å²) in [5.41, 5.74) is 3.07. The van der Waals surface area contributed by atoms with Crippen molar-refractivity contribution in [2.75, 3.05) is 30.4 Å². The summed E-state index contributed by atoms with van der Waals surface area (Å²) in [6, 6.07) is 11.6. The highest BCUT2D eigenvalue weighted by molar-refractivity contribution is 5.95. The van der Waals surface area contributed by atoms with Gasteiger partial charge in [0, 0.05) is 51.4 Å². The minimum atomic E-state index is -0.110. The molecule has 1 aliphatic heterocycles. The lowest BCUT2D eigenvalue weighted by molar-refractivity contribution is -0.117. The highest BCUT2D eigenvalue weighted by Gasteiger charge is 2.21. The lowest BCUT2D eigenvalue weighted by Gasteiger charge is -2.16. The van der Waals surface area contributed by atoms with Crippen molar-refractivity contribution in [3.05, 3.63) is 53.7 Å². The van der Waals surface area contributed by atoms with E-state index in [-0.39, 0.29) is 11.8 Å². The van der Waals surface area contributed by atoms with Crippen molar-refractivity contribution in [3.63, 3.8) is 0 Å². The lowest BCUT2D eigenvalue weighted by atomic mass is 10.2. The largest absolute Gasteiger partial charge is 0.356 e. The predicted octanol–water partition coefficient (Wildman–Crippen LogP) is 2.21. The van der Waals surface area contributed by atoms with Gasteiger partial charge in [0.25, 0.3) is 0 Å². The van der Waals surface area contributed by atoms with Crippen LogP contribution in [0.2, 0.25) is 0 Å². The Kier molecular flexibility index (Phi) is 7.37. The predicted molar refractivity (Wildman–Crippen MR) is 118 cm³/mol. The van der Waals surface area contributed by atoms with E-state index in [0.29, 0.717) is 37.7 Å². The first kappa shape index (κ1) is 21.3. The Morgan fingerprint density at radius 2 is 1.97 bits per heavy atom. The van der Waals surface area contributed by atoms with Crippen LogP contribution in [0.5, 0.6) is 0 Å². The molecule has 1 aromatic heterocycles. The van der Waals surface area contributed by atoms with E-state index in [9.17, 15) is 9.59 Å². The number of hydrogen-bond donors (Lipinski definition) is 3. The summed E-state index contributed by atoms with van der Waals surface area (Å²) in [5, 5.41) is 9.13. The van der Waals surface area contributed by atoms with E-state index >= 15 is 0 Å². The second kappa shape index (κ2) is 10.4. The third-order valence-corrected chi connectivity index (χ3v) is 4.83. The number of carbonyl (C=O) groups is 2. The van der Waals surface area contributed by atoms with Gasteiger partial charge in [0.15, 0.2) is 5.96 Å². The third kappa shape index (κ3) is 6.04. The molecule has 30 heavy (non-hydrogen) atoms. The highest BCUT2D eigenvalue weighted by Crippen LogP contribution is 2.21. The second-order valence-corrected chi connectivity index (χ2v) is 7.19. The first-order valence-corrected chi connectivity index (χ1v) is 10.1. The van der Waals surface area contributed by atoms with E-state index in [1.807, 2.05) is 42.2 Å². The second-order valence-electron chi connectivity index (χ2n) is 7.19. The van der Waals surface area contributed by atoms with Crippen molar-refractivity contribution in [1.29, 1.82) is 0 Å². The molecule has 2 amide bonds. The van der Waals surface area contributed by atoms with Gasteiger partial charge in [-0.1, -0.05) is 18.2 Å². The topological polar surface area (TPSA) is 98.7 Å². The number of guanidine groups is 1. The zero-order chi connectivity index (χ0) is 21.3. The molecule has 0 radical (unpaired) electrons. The number of aliphatic imine (C=N–C) groups is 1. The van der Waals surface area contributed by atoms with Gasteiger partial charge in [-0.2, -0.15) is 0 Å². The number of benzene rings is 1. The van der Waals surface area contributed by atoms with Gasteiger partial charge in [0.1, 0.15) is 5.82 Å². The highest BCUT2D eigenvalue weighted by atomic mass is 16.2. The summed E-state index contributed by atoms with van der Waals surface area (Å²) in [6.45, 7) is 3.78. The van der Waals surface area contributed by atoms with Crippen LogP contribution in [0.25, 0.3) is 0 Å². The number of aryl methyl sites for hydroxylation is 1. The summed E-state index contributed by atoms with van der Waals surface area (Å²) in [5.74, 6) is 1.25. The molecule has 0 unspecified atom stereocenters. The molecule has 0 bridgehead atoms. The maximum Gasteiger partial charge on any atom is 0.227 e. The van der Waals surface area contributed by atoms with E-state index in [0.717, 1.165) is 29.8 Å². The van der Waals surface area contributed by atoms with Crippen LogP contribution in [0.4, 0.5) is 11.5 Å². The van der Waals surface area contributed by atoms with Crippen molar-refractivity contribution in [2.24, 2.45) is 4.99 Å². The van der Waals surface area contributed by atoms with E-state index < -0.39 is 0 Å². The van der Waals surface area contributed by atoms with Crippen LogP contribution < -0.4 is 20.9 Å². The number of pyridine rings is 1. The monoisotopic (exact) mass is 408 g/mol. The van der Waals surface area contributed by atoms with Gasteiger partial charge < -0.3 is 20.9 Å². The first-order chi connectivity index (χ1) is 14.5. The number of carbonyl (C=O) groups excluding carboxylic acids is 2. The average Bonchev–Trinajstić information content (AvgIpc) is 3.18. The number of aromatic nitrogens is 1. The number of hydrogen-bond acceptors (Lipinski definition) is 4. The van der Waals surface area contributed by atoms with E-state index in [2.05, 4.69) is 25.9 Å². The minimum Gasteiger partial charge on any atom is -0.356 e. The van der Waals surface area contributed by atoms with Crippen LogP contribution in [-0.2, 0) is 16.1 Å². The summed E-state index contributed by atoms with van der Waals surface area (Å²) < 4.78 is 0. The summed E-state index contributed by atoms with van der Waals surface area (Å²) in [6.07, 6.45) is 3.57. The Morgan fingerprint density at radius 3 is 2.60 bits per heavy atom. The third-order valence-electron chi connectivity index (χ3n) is 4.83. The molecule has 0 aliphatic carbocycles. The molecular weight excluding hydrogens is 380 g/mol. The van der Waals surface area contributed by atoms with Gasteiger partial charge >= 0.3 is 0 Å². The summed E-state index contributed by atoms with van der Waals surface area (Å²) in [7, 11) is 1.69. The Morgan fingerprint density at radius 1 is 1.17 bits per heavy atom. The molecule has 1 aliphatic rings. The molecule has 3 rings (SSSR count). The molecular formula is C22H28N6O2. The number of rotatable bonds is 7. The molecule has 0 spiro atoms. The Hall–Kier alpha value is -3.42. The van der Waals surface area contributed by atoms with Gasteiger partial charge in [-0.15, -0.1) is 0 Å². The summed E-state index contributed by atoms with van der Waals surface area (Å²) >= 11 is 0. The number of nitrogens with zero attached hydrogens (tertiary/aromatic N) is 3. The lowest BCUT2D eigenvalue weighted by Crippen LogP contribution is -2.38. The van der Waals surface area contributed by atoms with Crippen LogP contribution in [0.15, 0.2) is 47.6 Å². The fraction of sp³-hybridized carbons (Fsp3) is 0.364. The van der Waals surface area contributed by atoms with Crippen LogP contribution in [0, 0.1) is 6.92 Å². The van der Waals surface area contributed by atoms with Crippen LogP contribution in [0.3, 0.4) is 0 Å². The fourth-order valence-corrected chi connectivity index (χ4v) is 3.16. The van der Waals surface area contributed by atoms with Gasteiger partial charge in [-0.25, -0.2) is 4.98 Å². The van der Waals surface area contributed by atoms with E-state index in [1.165, 1.54) is 0 Å². The van der Waals surface area contributed by atoms with Gasteiger partial charge in [-0.3, -0.25) is 14.6 Å². The first-order valence-electron chi connectivity index (χ1n) is 10.1. The van der Waals surface area contributed by atoms with Crippen LogP contribution in [-0.4, -0.2) is 42.9 Å². The number of nitrogens with one attached hydrogen (secondary N) is 3. The fourth-order valence-electron chi connectivity index (χ4n) is 3.16. The molecule has 2 heterocycles. The van der Waals surface area contributed by atoms with Crippen molar-refractivity contribution < 1.29 is 9.59 Å². The molecule has 0 saturated carbocycles.